The van der Waals surface area contributed by atoms with Gasteiger partial charge in [-0.25, -0.2) is 4.98 Å². The molecule has 1 unspecified atom stereocenters. The fraction of sp³-hybridized carbons (Fsp3) is 0.444. The number of nitrogens with zero attached hydrogens (tertiary/aromatic N) is 2. The summed E-state index contributed by atoms with van der Waals surface area (Å²) >= 11 is 0. The van der Waals surface area contributed by atoms with E-state index < -0.39 is 0 Å². The van der Waals surface area contributed by atoms with Crippen LogP contribution in [0.25, 0.3) is 0 Å². The standard InChI is InChI=1S/C18H24N4O/c1-12-6-7-16(13(2)9-12)21-17-10-14(3)20-18(22-17)19-11-15-5-4-8-23-15/h6-7,9-10,15H,4-5,8,11H2,1-3H3,(H2,19,20,21,22). The number of ether oxygens (including phenoxy) is 1. The predicted octanol–water partition coefficient (Wildman–Crippen LogP) is 3.74. The van der Waals surface area contributed by atoms with E-state index in [0.717, 1.165) is 43.2 Å². The number of anilines is 3. The molecule has 0 aliphatic carbocycles. The van der Waals surface area contributed by atoms with Gasteiger partial charge in [0.2, 0.25) is 5.95 Å². The van der Waals surface area contributed by atoms with Crippen molar-refractivity contribution in [3.05, 3.63) is 41.1 Å². The highest BCUT2D eigenvalue weighted by Crippen LogP contribution is 2.21. The first-order valence-electron chi connectivity index (χ1n) is 8.15. The molecule has 2 N–H and O–H groups in total. The number of rotatable bonds is 5. The van der Waals surface area contributed by atoms with Crippen LogP contribution in [-0.4, -0.2) is 29.2 Å². The summed E-state index contributed by atoms with van der Waals surface area (Å²) in [7, 11) is 0. The van der Waals surface area contributed by atoms with E-state index in [2.05, 4.69) is 52.6 Å². The molecule has 0 spiro atoms. The minimum atomic E-state index is 0.273. The summed E-state index contributed by atoms with van der Waals surface area (Å²) in [6, 6.07) is 8.30. The van der Waals surface area contributed by atoms with E-state index in [9.17, 15) is 0 Å². The third kappa shape index (κ3) is 4.20. The first kappa shape index (κ1) is 15.7. The smallest absolute Gasteiger partial charge is 0.224 e. The molecule has 1 atom stereocenters. The zero-order valence-electron chi connectivity index (χ0n) is 14.0. The molecule has 3 rings (SSSR count). The molecule has 23 heavy (non-hydrogen) atoms. The molecule has 2 aromatic rings. The van der Waals surface area contributed by atoms with Gasteiger partial charge in [0.25, 0.3) is 0 Å². The summed E-state index contributed by atoms with van der Waals surface area (Å²) in [5, 5.41) is 6.68. The highest BCUT2D eigenvalue weighted by atomic mass is 16.5. The molecule has 5 heteroatoms. The lowest BCUT2D eigenvalue weighted by molar-refractivity contribution is 0.120. The van der Waals surface area contributed by atoms with Gasteiger partial charge in [-0.05, 0) is 45.2 Å². The van der Waals surface area contributed by atoms with Crippen LogP contribution < -0.4 is 10.6 Å². The molecule has 1 aromatic heterocycles. The second-order valence-corrected chi connectivity index (χ2v) is 6.18. The van der Waals surface area contributed by atoms with E-state index >= 15 is 0 Å². The zero-order valence-corrected chi connectivity index (χ0v) is 14.0. The van der Waals surface area contributed by atoms with E-state index in [-0.39, 0.29) is 6.10 Å². The topological polar surface area (TPSA) is 59.1 Å². The molecule has 1 aromatic carbocycles. The maximum atomic E-state index is 5.62. The van der Waals surface area contributed by atoms with E-state index in [1.165, 1.54) is 11.1 Å². The minimum absolute atomic E-state index is 0.273. The zero-order chi connectivity index (χ0) is 16.2. The van der Waals surface area contributed by atoms with Crippen LogP contribution in [0.4, 0.5) is 17.5 Å². The fourth-order valence-electron chi connectivity index (χ4n) is 2.81. The Kier molecular flexibility index (Phi) is 4.76. The number of hydrogen-bond donors (Lipinski definition) is 2. The third-order valence-corrected chi connectivity index (χ3v) is 4.01. The molecule has 122 valence electrons. The molecule has 1 aliphatic heterocycles. The van der Waals surface area contributed by atoms with Gasteiger partial charge in [-0.1, -0.05) is 17.7 Å². The summed E-state index contributed by atoms with van der Waals surface area (Å²) in [6.45, 7) is 7.79. The summed E-state index contributed by atoms with van der Waals surface area (Å²) in [6.07, 6.45) is 2.52. The van der Waals surface area contributed by atoms with Gasteiger partial charge >= 0.3 is 0 Å². The number of nitrogens with one attached hydrogen (secondary N) is 2. The fourth-order valence-corrected chi connectivity index (χ4v) is 2.81. The van der Waals surface area contributed by atoms with Gasteiger partial charge in [0.15, 0.2) is 0 Å². The van der Waals surface area contributed by atoms with Gasteiger partial charge in [0.05, 0.1) is 6.10 Å². The van der Waals surface area contributed by atoms with E-state index in [0.29, 0.717) is 5.95 Å². The van der Waals surface area contributed by atoms with Crippen LogP contribution in [0.15, 0.2) is 24.3 Å². The molecule has 1 aliphatic rings. The maximum absolute atomic E-state index is 5.62. The Hall–Kier alpha value is -2.14. The largest absolute Gasteiger partial charge is 0.376 e. The monoisotopic (exact) mass is 312 g/mol. The lowest BCUT2D eigenvalue weighted by atomic mass is 10.1. The second kappa shape index (κ2) is 6.96. The maximum Gasteiger partial charge on any atom is 0.224 e. The third-order valence-electron chi connectivity index (χ3n) is 4.01. The van der Waals surface area contributed by atoms with E-state index in [4.69, 9.17) is 4.74 Å². The Labute approximate surface area is 137 Å². The second-order valence-electron chi connectivity index (χ2n) is 6.18. The number of hydrogen-bond acceptors (Lipinski definition) is 5. The van der Waals surface area contributed by atoms with Crippen LogP contribution in [0.3, 0.4) is 0 Å². The first-order chi connectivity index (χ1) is 11.1. The van der Waals surface area contributed by atoms with Crippen molar-refractivity contribution in [3.63, 3.8) is 0 Å². The Balaban J connectivity index is 1.71. The molecule has 1 fully saturated rings. The summed E-state index contributed by atoms with van der Waals surface area (Å²) in [5.41, 5.74) is 4.46. The van der Waals surface area contributed by atoms with Crippen molar-refractivity contribution in [1.29, 1.82) is 0 Å². The Morgan fingerprint density at radius 1 is 1.17 bits per heavy atom. The van der Waals surface area contributed by atoms with Crippen molar-refractivity contribution < 1.29 is 4.74 Å². The van der Waals surface area contributed by atoms with E-state index in [1.807, 2.05) is 13.0 Å². The van der Waals surface area contributed by atoms with E-state index in [1.54, 1.807) is 0 Å². The van der Waals surface area contributed by atoms with Gasteiger partial charge in [-0.15, -0.1) is 0 Å². The van der Waals surface area contributed by atoms with Crippen LogP contribution in [0.1, 0.15) is 29.7 Å². The minimum Gasteiger partial charge on any atom is -0.376 e. The van der Waals surface area contributed by atoms with Gasteiger partial charge < -0.3 is 15.4 Å². The molecular formula is C18H24N4O. The SMILES string of the molecule is Cc1ccc(Nc2cc(C)nc(NCC3CCCO3)n2)c(C)c1. The normalized spacial score (nSPS) is 17.3. The average molecular weight is 312 g/mol. The molecule has 0 bridgehead atoms. The quantitative estimate of drug-likeness (QED) is 0.881. The number of benzene rings is 1. The van der Waals surface area contributed by atoms with Crippen LogP contribution in [0, 0.1) is 20.8 Å². The van der Waals surface area contributed by atoms with Gasteiger partial charge in [0.1, 0.15) is 5.82 Å². The Morgan fingerprint density at radius 3 is 2.78 bits per heavy atom. The molecule has 0 amide bonds. The van der Waals surface area contributed by atoms with Crippen LogP contribution in [-0.2, 0) is 4.74 Å². The van der Waals surface area contributed by atoms with Crippen LogP contribution >= 0.6 is 0 Å². The van der Waals surface area contributed by atoms with Gasteiger partial charge in [-0.2, -0.15) is 4.98 Å². The number of aromatic nitrogens is 2. The van der Waals surface area contributed by atoms with Crippen LogP contribution in [0.2, 0.25) is 0 Å². The molecule has 5 nitrogen and oxygen atoms in total. The van der Waals surface area contributed by atoms with Crippen molar-refractivity contribution in [1.82, 2.24) is 9.97 Å². The molecule has 0 radical (unpaired) electrons. The summed E-state index contributed by atoms with van der Waals surface area (Å²) in [4.78, 5) is 9.02. The Morgan fingerprint density at radius 2 is 2.04 bits per heavy atom. The molecule has 1 saturated heterocycles. The summed E-state index contributed by atoms with van der Waals surface area (Å²) < 4.78 is 5.62. The van der Waals surface area contributed by atoms with Crippen molar-refractivity contribution in [2.24, 2.45) is 0 Å². The lowest BCUT2D eigenvalue weighted by Gasteiger charge is -2.14. The number of aryl methyl sites for hydroxylation is 3. The molecule has 0 saturated carbocycles. The highest BCUT2D eigenvalue weighted by Gasteiger charge is 2.15. The van der Waals surface area contributed by atoms with Crippen molar-refractivity contribution >= 4 is 17.5 Å². The molecular weight excluding hydrogens is 288 g/mol. The van der Waals surface area contributed by atoms with Crippen LogP contribution in [0.5, 0.6) is 0 Å². The predicted molar refractivity (Wildman–Crippen MR) is 93.4 cm³/mol. The van der Waals surface area contributed by atoms with Gasteiger partial charge in [-0.3, -0.25) is 0 Å². The Bertz CT molecular complexity index is 681. The first-order valence-corrected chi connectivity index (χ1v) is 8.15. The van der Waals surface area contributed by atoms with Crippen molar-refractivity contribution in [2.75, 3.05) is 23.8 Å². The van der Waals surface area contributed by atoms with Gasteiger partial charge in [0, 0.05) is 30.6 Å². The van der Waals surface area contributed by atoms with Crippen molar-refractivity contribution in [3.8, 4) is 0 Å². The molecule has 2 heterocycles. The van der Waals surface area contributed by atoms with Crippen molar-refractivity contribution in [2.45, 2.75) is 39.7 Å². The summed E-state index contributed by atoms with van der Waals surface area (Å²) in [5.74, 6) is 1.45. The lowest BCUT2D eigenvalue weighted by Crippen LogP contribution is -2.20. The highest BCUT2D eigenvalue weighted by molar-refractivity contribution is 5.61. The average Bonchev–Trinajstić information content (AvgIpc) is 3.01.